The van der Waals surface area contributed by atoms with Crippen molar-refractivity contribution in [2.75, 3.05) is 7.11 Å². The zero-order chi connectivity index (χ0) is 11.3. The van der Waals surface area contributed by atoms with E-state index in [9.17, 15) is 14.4 Å². The maximum absolute atomic E-state index is 11.6. The molecule has 0 N–H and O–H groups in total. The van der Waals surface area contributed by atoms with Gasteiger partial charge in [-0.25, -0.2) is 4.79 Å². The lowest BCUT2D eigenvalue weighted by Crippen LogP contribution is -2.24. The molecule has 0 aromatic heterocycles. The molecule has 0 bridgehead atoms. The lowest BCUT2D eigenvalue weighted by molar-refractivity contribution is -0.152. The van der Waals surface area contributed by atoms with Gasteiger partial charge < -0.3 is 4.74 Å². The number of ether oxygens (including phenoxy) is 1. The summed E-state index contributed by atoms with van der Waals surface area (Å²) in [6.45, 7) is 0. The lowest BCUT2D eigenvalue weighted by Gasteiger charge is -2.15. The third-order valence-corrected chi connectivity index (χ3v) is 2.47. The van der Waals surface area contributed by atoms with Crippen LogP contribution in [0, 0.1) is 5.92 Å². The molecule has 0 saturated heterocycles. The summed E-state index contributed by atoms with van der Waals surface area (Å²) < 4.78 is 4.25. The molecular weight excluding hydrogens is 196 g/mol. The van der Waals surface area contributed by atoms with Gasteiger partial charge in [0, 0.05) is 5.92 Å². The molecule has 1 aliphatic rings. The number of esters is 1. The number of hydrogen-bond donors (Lipinski definition) is 0. The van der Waals surface area contributed by atoms with Crippen molar-refractivity contribution in [3.8, 4) is 0 Å². The minimum atomic E-state index is -0.935. The van der Waals surface area contributed by atoms with Gasteiger partial charge >= 0.3 is 5.97 Å². The van der Waals surface area contributed by atoms with Crippen molar-refractivity contribution in [3.05, 3.63) is 12.2 Å². The lowest BCUT2D eigenvalue weighted by atomic mass is 9.88. The van der Waals surface area contributed by atoms with Gasteiger partial charge in [-0.15, -0.1) is 0 Å². The first-order chi connectivity index (χ1) is 7.15. The van der Waals surface area contributed by atoms with Crippen LogP contribution in [0.3, 0.4) is 0 Å². The van der Waals surface area contributed by atoms with E-state index in [2.05, 4.69) is 4.74 Å². The van der Waals surface area contributed by atoms with Gasteiger partial charge in [0.05, 0.1) is 13.5 Å². The first kappa shape index (κ1) is 11.6. The fourth-order valence-corrected chi connectivity index (χ4v) is 1.57. The van der Waals surface area contributed by atoms with E-state index in [1.54, 1.807) is 0 Å². The molecule has 1 rings (SSSR count). The summed E-state index contributed by atoms with van der Waals surface area (Å²) in [5.74, 6) is -1.95. The Bertz CT molecular complexity index is 304. The van der Waals surface area contributed by atoms with Crippen molar-refractivity contribution in [2.24, 2.45) is 5.92 Å². The molecule has 82 valence electrons. The predicted molar refractivity (Wildman–Crippen MR) is 53.1 cm³/mol. The predicted octanol–water partition coefficient (Wildman–Crippen LogP) is 1.04. The number of hydrogen-bond acceptors (Lipinski definition) is 4. The van der Waals surface area contributed by atoms with Crippen LogP contribution in [0.5, 0.6) is 0 Å². The van der Waals surface area contributed by atoms with E-state index < -0.39 is 11.8 Å². The third-order valence-electron chi connectivity index (χ3n) is 2.47. The molecule has 1 unspecified atom stereocenters. The molecule has 1 aliphatic carbocycles. The van der Waals surface area contributed by atoms with Crippen LogP contribution in [0.4, 0.5) is 0 Å². The third kappa shape index (κ3) is 3.31. The minimum Gasteiger partial charge on any atom is -0.463 e. The molecular formula is C11H14O4. The highest BCUT2D eigenvalue weighted by atomic mass is 16.5. The van der Waals surface area contributed by atoms with Gasteiger partial charge in [0.1, 0.15) is 5.78 Å². The van der Waals surface area contributed by atoms with Crippen LogP contribution >= 0.6 is 0 Å². The van der Waals surface area contributed by atoms with Crippen LogP contribution in [0.15, 0.2) is 12.2 Å². The Labute approximate surface area is 88.3 Å². The van der Waals surface area contributed by atoms with Crippen LogP contribution in [-0.2, 0) is 19.1 Å². The van der Waals surface area contributed by atoms with Crippen molar-refractivity contribution in [1.82, 2.24) is 0 Å². The summed E-state index contributed by atoms with van der Waals surface area (Å²) in [5, 5.41) is 0. The van der Waals surface area contributed by atoms with Crippen LogP contribution < -0.4 is 0 Å². The molecule has 0 saturated carbocycles. The fourth-order valence-electron chi connectivity index (χ4n) is 1.57. The monoisotopic (exact) mass is 210 g/mol. The summed E-state index contributed by atoms with van der Waals surface area (Å²) in [4.78, 5) is 33.5. The van der Waals surface area contributed by atoms with Crippen molar-refractivity contribution in [2.45, 2.75) is 25.7 Å². The SMILES string of the molecule is COC(=O)C(=O)CC(=O)C1CC=CCC1. The normalized spacial score (nSPS) is 19.7. The van der Waals surface area contributed by atoms with Gasteiger partial charge in [-0.2, -0.15) is 0 Å². The number of allylic oxidation sites excluding steroid dienone is 2. The molecule has 0 radical (unpaired) electrons. The molecule has 4 heteroatoms. The Morgan fingerprint density at radius 1 is 1.33 bits per heavy atom. The van der Waals surface area contributed by atoms with Crippen LogP contribution in [0.1, 0.15) is 25.7 Å². The molecule has 1 atom stereocenters. The number of carbonyl (C=O) groups is 3. The molecule has 15 heavy (non-hydrogen) atoms. The van der Waals surface area contributed by atoms with Crippen molar-refractivity contribution in [1.29, 1.82) is 0 Å². The number of rotatable bonds is 4. The highest BCUT2D eigenvalue weighted by Crippen LogP contribution is 2.20. The second kappa shape index (κ2) is 5.44. The van der Waals surface area contributed by atoms with Crippen molar-refractivity contribution >= 4 is 17.5 Å². The zero-order valence-corrected chi connectivity index (χ0v) is 8.69. The highest BCUT2D eigenvalue weighted by Gasteiger charge is 2.24. The van der Waals surface area contributed by atoms with E-state index in [0.717, 1.165) is 20.0 Å². The molecule has 0 fully saturated rings. The molecule has 4 nitrogen and oxygen atoms in total. The first-order valence-electron chi connectivity index (χ1n) is 4.94. The number of methoxy groups -OCH3 is 1. The maximum Gasteiger partial charge on any atom is 0.374 e. The molecule has 0 aliphatic heterocycles. The van der Waals surface area contributed by atoms with Gasteiger partial charge in [-0.1, -0.05) is 12.2 Å². The van der Waals surface area contributed by atoms with Crippen LogP contribution in [-0.4, -0.2) is 24.6 Å². The Kier molecular flexibility index (Phi) is 4.21. The number of Topliss-reactive ketones (excluding diaryl/α,β-unsaturated/α-hetero) is 2. The quantitative estimate of drug-likeness (QED) is 0.301. The van der Waals surface area contributed by atoms with Crippen molar-refractivity contribution < 1.29 is 19.1 Å². The van der Waals surface area contributed by atoms with E-state index >= 15 is 0 Å². The topological polar surface area (TPSA) is 60.4 Å². The molecule has 0 aromatic carbocycles. The number of ketones is 2. The van der Waals surface area contributed by atoms with E-state index in [0.29, 0.717) is 6.42 Å². The summed E-state index contributed by atoms with van der Waals surface area (Å²) in [5.41, 5.74) is 0. The largest absolute Gasteiger partial charge is 0.463 e. The number of carbonyl (C=O) groups excluding carboxylic acids is 3. The Balaban J connectivity index is 2.44. The van der Waals surface area contributed by atoms with Gasteiger partial charge in [0.25, 0.3) is 0 Å². The van der Waals surface area contributed by atoms with E-state index in [-0.39, 0.29) is 18.1 Å². The summed E-state index contributed by atoms with van der Waals surface area (Å²) in [6.07, 6.45) is 5.94. The average molecular weight is 210 g/mol. The molecule has 0 aromatic rings. The zero-order valence-electron chi connectivity index (χ0n) is 8.69. The second-order valence-corrected chi connectivity index (χ2v) is 3.54. The van der Waals surface area contributed by atoms with Gasteiger partial charge in [-0.05, 0) is 19.3 Å². The smallest absolute Gasteiger partial charge is 0.374 e. The summed E-state index contributed by atoms with van der Waals surface area (Å²) >= 11 is 0. The maximum atomic E-state index is 11.6. The van der Waals surface area contributed by atoms with Gasteiger partial charge in [-0.3, -0.25) is 9.59 Å². The Morgan fingerprint density at radius 3 is 2.60 bits per heavy atom. The van der Waals surface area contributed by atoms with Crippen LogP contribution in [0.2, 0.25) is 0 Å². The highest BCUT2D eigenvalue weighted by molar-refractivity contribution is 6.37. The molecule has 0 amide bonds. The van der Waals surface area contributed by atoms with Crippen LogP contribution in [0.25, 0.3) is 0 Å². The Morgan fingerprint density at radius 2 is 2.07 bits per heavy atom. The van der Waals surface area contributed by atoms with E-state index in [1.807, 2.05) is 12.2 Å². The van der Waals surface area contributed by atoms with E-state index in [1.165, 1.54) is 0 Å². The standard InChI is InChI=1S/C11H14O4/c1-15-11(14)10(13)7-9(12)8-5-3-2-4-6-8/h2-3,8H,4-7H2,1H3. The first-order valence-corrected chi connectivity index (χ1v) is 4.94. The van der Waals surface area contributed by atoms with Gasteiger partial charge in [0.2, 0.25) is 5.78 Å². The molecule has 0 heterocycles. The summed E-state index contributed by atoms with van der Waals surface area (Å²) in [6, 6.07) is 0. The minimum absolute atomic E-state index is 0.108. The van der Waals surface area contributed by atoms with Gasteiger partial charge in [0.15, 0.2) is 0 Å². The van der Waals surface area contributed by atoms with E-state index in [4.69, 9.17) is 0 Å². The summed E-state index contributed by atoms with van der Waals surface area (Å²) in [7, 11) is 1.13. The second-order valence-electron chi connectivity index (χ2n) is 3.54. The molecule has 0 spiro atoms. The fraction of sp³-hybridized carbons (Fsp3) is 0.545. The van der Waals surface area contributed by atoms with Crippen molar-refractivity contribution in [3.63, 3.8) is 0 Å². The Hall–Kier alpha value is -1.45. The average Bonchev–Trinajstić information content (AvgIpc) is 2.29.